The van der Waals surface area contributed by atoms with Gasteiger partial charge < -0.3 is 30.6 Å². The maximum Gasteiger partial charge on any atom is 0.201 e. The highest BCUT2D eigenvalue weighted by molar-refractivity contribution is 6.00. The zero-order chi connectivity index (χ0) is 25.4. The predicted octanol–water partition coefficient (Wildman–Crippen LogP) is 2.47. The SMILES string of the molecule is CC(C)(O)CC[C@@H](O)[C@](C)(O)[C@H]1CC=C2C3=C(O)C(=O)[C@@H]4C[C@@H](O)[C@@H](O)C[C@]4(C)C3=CC[C@@]21C. The molecule has 0 amide bonds. The summed E-state index contributed by atoms with van der Waals surface area (Å²) in [6.45, 7) is 8.89. The molecule has 0 saturated heterocycles. The molecule has 4 aliphatic rings. The van der Waals surface area contributed by atoms with E-state index in [4.69, 9.17) is 0 Å². The zero-order valence-corrected chi connectivity index (χ0v) is 20.9. The summed E-state index contributed by atoms with van der Waals surface area (Å²) in [5.74, 6) is -1.68. The minimum Gasteiger partial charge on any atom is -0.504 e. The molecule has 0 aromatic heterocycles. The second kappa shape index (κ2) is 8.00. The van der Waals surface area contributed by atoms with Crippen molar-refractivity contribution in [1.82, 2.24) is 0 Å². The molecule has 34 heavy (non-hydrogen) atoms. The first-order valence-electron chi connectivity index (χ1n) is 12.4. The molecule has 0 radical (unpaired) electrons. The maximum absolute atomic E-state index is 13.3. The fourth-order valence-electron chi connectivity index (χ4n) is 7.14. The van der Waals surface area contributed by atoms with Crippen molar-refractivity contribution in [3.63, 3.8) is 0 Å². The summed E-state index contributed by atoms with van der Waals surface area (Å²) in [5, 5.41) is 64.2. The van der Waals surface area contributed by atoms with Crippen molar-refractivity contribution in [2.24, 2.45) is 22.7 Å². The Labute approximate surface area is 201 Å². The van der Waals surface area contributed by atoms with Crippen LogP contribution in [0.15, 0.2) is 34.6 Å². The van der Waals surface area contributed by atoms with Crippen LogP contribution in [-0.4, -0.2) is 65.9 Å². The van der Waals surface area contributed by atoms with Gasteiger partial charge in [0, 0.05) is 28.2 Å². The van der Waals surface area contributed by atoms with E-state index >= 15 is 0 Å². The van der Waals surface area contributed by atoms with Crippen molar-refractivity contribution < 1.29 is 35.4 Å². The van der Waals surface area contributed by atoms with Crippen molar-refractivity contribution in [2.45, 2.75) is 103 Å². The summed E-state index contributed by atoms with van der Waals surface area (Å²) in [6, 6.07) is 0. The molecule has 7 nitrogen and oxygen atoms in total. The quantitative estimate of drug-likeness (QED) is 0.358. The maximum atomic E-state index is 13.3. The fourth-order valence-corrected chi connectivity index (χ4v) is 7.14. The number of aliphatic hydroxyl groups is 6. The Kier molecular flexibility index (Phi) is 6.02. The highest BCUT2D eigenvalue weighted by Crippen LogP contribution is 2.63. The molecule has 190 valence electrons. The first-order chi connectivity index (χ1) is 15.5. The molecule has 1 saturated carbocycles. The van der Waals surface area contributed by atoms with Crippen LogP contribution in [0.3, 0.4) is 0 Å². The number of ketones is 1. The normalized spacial score (nSPS) is 40.6. The third-order valence-corrected chi connectivity index (χ3v) is 9.35. The van der Waals surface area contributed by atoms with E-state index < -0.39 is 52.0 Å². The average Bonchev–Trinajstić information content (AvgIpc) is 3.09. The number of hydrogen-bond acceptors (Lipinski definition) is 7. The molecule has 4 aliphatic carbocycles. The Morgan fingerprint density at radius 2 is 1.68 bits per heavy atom. The van der Waals surface area contributed by atoms with Crippen LogP contribution in [0.5, 0.6) is 0 Å². The fraction of sp³-hybridized carbons (Fsp3) is 0.741. The van der Waals surface area contributed by atoms with Gasteiger partial charge in [-0.05, 0) is 70.4 Å². The largest absolute Gasteiger partial charge is 0.504 e. The van der Waals surface area contributed by atoms with Crippen molar-refractivity contribution in [2.75, 3.05) is 0 Å². The van der Waals surface area contributed by atoms with Crippen LogP contribution in [0.2, 0.25) is 0 Å². The Hall–Kier alpha value is -1.51. The van der Waals surface area contributed by atoms with E-state index in [1.807, 2.05) is 26.0 Å². The molecule has 6 N–H and O–H groups in total. The molecule has 0 unspecified atom stereocenters. The number of aliphatic hydroxyl groups excluding tert-OH is 4. The van der Waals surface area contributed by atoms with E-state index in [-0.39, 0.29) is 30.9 Å². The molecule has 8 atom stereocenters. The van der Waals surface area contributed by atoms with E-state index in [9.17, 15) is 35.4 Å². The minimum atomic E-state index is -1.45. The Morgan fingerprint density at radius 1 is 1.06 bits per heavy atom. The summed E-state index contributed by atoms with van der Waals surface area (Å²) in [6.07, 6.45) is 2.94. The van der Waals surface area contributed by atoms with E-state index in [1.54, 1.807) is 20.8 Å². The Balaban J connectivity index is 1.70. The van der Waals surface area contributed by atoms with E-state index in [0.717, 1.165) is 11.1 Å². The second-order valence-corrected chi connectivity index (χ2v) is 12.4. The minimum absolute atomic E-state index is 0.103. The number of Topliss-reactive ketones (excluding diaryl/α,β-unsaturated/α-hetero) is 1. The lowest BCUT2D eigenvalue weighted by Crippen LogP contribution is -2.54. The second-order valence-electron chi connectivity index (χ2n) is 12.4. The van der Waals surface area contributed by atoms with Gasteiger partial charge in [0.05, 0.1) is 29.5 Å². The predicted molar refractivity (Wildman–Crippen MR) is 127 cm³/mol. The van der Waals surface area contributed by atoms with Gasteiger partial charge in [-0.1, -0.05) is 26.0 Å². The van der Waals surface area contributed by atoms with E-state index in [2.05, 4.69) is 0 Å². The molecule has 7 heteroatoms. The monoisotopic (exact) mass is 476 g/mol. The number of allylic oxidation sites excluding steroid dienone is 6. The van der Waals surface area contributed by atoms with Gasteiger partial charge in [-0.25, -0.2) is 0 Å². The lowest BCUT2D eigenvalue weighted by Gasteiger charge is -2.53. The van der Waals surface area contributed by atoms with Crippen molar-refractivity contribution >= 4 is 5.78 Å². The smallest absolute Gasteiger partial charge is 0.201 e. The number of carbonyl (C=O) groups is 1. The molecule has 0 aromatic rings. The van der Waals surface area contributed by atoms with Crippen molar-refractivity contribution in [3.05, 3.63) is 34.6 Å². The molecule has 0 aliphatic heterocycles. The third-order valence-electron chi connectivity index (χ3n) is 9.35. The first kappa shape index (κ1) is 25.6. The van der Waals surface area contributed by atoms with Crippen LogP contribution in [0.1, 0.15) is 73.1 Å². The van der Waals surface area contributed by atoms with Gasteiger partial charge in [0.2, 0.25) is 5.78 Å². The van der Waals surface area contributed by atoms with E-state index in [1.165, 1.54) is 0 Å². The van der Waals surface area contributed by atoms with Crippen LogP contribution in [-0.2, 0) is 4.79 Å². The molecule has 4 rings (SSSR count). The number of fused-ring (bicyclic) bond motifs is 5. The molecule has 0 aromatic carbocycles. The van der Waals surface area contributed by atoms with Crippen molar-refractivity contribution in [1.29, 1.82) is 0 Å². The summed E-state index contributed by atoms with van der Waals surface area (Å²) in [5.41, 5.74) is -1.59. The number of hydrogen-bond donors (Lipinski definition) is 6. The van der Waals surface area contributed by atoms with Crippen LogP contribution in [0, 0.1) is 22.7 Å². The highest BCUT2D eigenvalue weighted by atomic mass is 16.3. The topological polar surface area (TPSA) is 138 Å². The van der Waals surface area contributed by atoms with Gasteiger partial charge in [-0.15, -0.1) is 0 Å². The van der Waals surface area contributed by atoms with Gasteiger partial charge >= 0.3 is 0 Å². The van der Waals surface area contributed by atoms with Crippen LogP contribution < -0.4 is 0 Å². The lowest BCUT2D eigenvalue weighted by molar-refractivity contribution is -0.136. The van der Waals surface area contributed by atoms with Crippen molar-refractivity contribution in [3.8, 4) is 0 Å². The molecule has 0 bridgehead atoms. The van der Waals surface area contributed by atoms with Gasteiger partial charge in [0.1, 0.15) is 0 Å². The summed E-state index contributed by atoms with van der Waals surface area (Å²) < 4.78 is 0. The van der Waals surface area contributed by atoms with Crippen LogP contribution in [0.25, 0.3) is 0 Å². The molecule has 0 spiro atoms. The zero-order valence-electron chi connectivity index (χ0n) is 20.9. The molecule has 0 heterocycles. The number of carbonyl (C=O) groups excluding carboxylic acids is 1. The third kappa shape index (κ3) is 3.71. The standard InChI is InChI=1S/C27H40O7/c1-24(2,33)10-9-20(30)27(5,34)19-7-6-14-21-15(8-11-25(14,19)3)26(4)13-18(29)17(28)12-16(26)22(31)23(21)32/h6,8,16-20,28-30,32-34H,7,9-13H2,1-5H3/t16-,17+,18-,19-,20+,25-,26+,27+/m0/s1. The molecular weight excluding hydrogens is 436 g/mol. The highest BCUT2D eigenvalue weighted by Gasteiger charge is 2.60. The van der Waals surface area contributed by atoms with Crippen LogP contribution >= 0.6 is 0 Å². The summed E-state index contributed by atoms with van der Waals surface area (Å²) in [7, 11) is 0. The van der Waals surface area contributed by atoms with Gasteiger partial charge in [0.15, 0.2) is 5.76 Å². The van der Waals surface area contributed by atoms with Gasteiger partial charge in [0.25, 0.3) is 0 Å². The Morgan fingerprint density at radius 3 is 2.29 bits per heavy atom. The average molecular weight is 477 g/mol. The molecular formula is C27H40O7. The van der Waals surface area contributed by atoms with Gasteiger partial charge in [-0.3, -0.25) is 4.79 Å². The van der Waals surface area contributed by atoms with Gasteiger partial charge in [-0.2, -0.15) is 0 Å². The molecule has 1 fully saturated rings. The van der Waals surface area contributed by atoms with E-state index in [0.29, 0.717) is 24.8 Å². The van der Waals surface area contributed by atoms with Crippen LogP contribution in [0.4, 0.5) is 0 Å². The summed E-state index contributed by atoms with van der Waals surface area (Å²) in [4.78, 5) is 13.3. The number of rotatable bonds is 5. The lowest BCUT2D eigenvalue weighted by atomic mass is 9.51. The Bertz CT molecular complexity index is 968. The summed E-state index contributed by atoms with van der Waals surface area (Å²) >= 11 is 0. The first-order valence-corrected chi connectivity index (χ1v) is 12.4.